The van der Waals surface area contributed by atoms with Gasteiger partial charge in [-0.05, 0) is 32.4 Å². The molecule has 1 aromatic carbocycles. The predicted molar refractivity (Wildman–Crippen MR) is 90.1 cm³/mol. The molecule has 0 aromatic heterocycles. The molecule has 2 aliphatic heterocycles. The maximum atomic E-state index is 12.3. The first-order chi connectivity index (χ1) is 11.5. The van der Waals surface area contributed by atoms with E-state index in [4.69, 9.17) is 9.47 Å². The molecule has 3 rings (SSSR count). The van der Waals surface area contributed by atoms with Crippen LogP contribution in [0.15, 0.2) is 24.3 Å². The number of hydrogen-bond acceptors (Lipinski definition) is 4. The zero-order chi connectivity index (χ0) is 17.1. The number of morpholine rings is 1. The maximum Gasteiger partial charge on any atom is 0.260 e. The van der Waals surface area contributed by atoms with E-state index < -0.39 is 0 Å². The van der Waals surface area contributed by atoms with Crippen molar-refractivity contribution in [2.45, 2.75) is 38.9 Å². The van der Waals surface area contributed by atoms with E-state index in [0.717, 1.165) is 18.7 Å². The van der Waals surface area contributed by atoms with Crippen LogP contribution in [-0.4, -0.2) is 55.2 Å². The zero-order valence-corrected chi connectivity index (χ0v) is 14.2. The summed E-state index contributed by atoms with van der Waals surface area (Å²) in [5, 5.41) is 0. The molecule has 2 heterocycles. The minimum Gasteiger partial charge on any atom is -0.484 e. The summed E-state index contributed by atoms with van der Waals surface area (Å²) in [4.78, 5) is 27.7. The molecule has 0 spiro atoms. The van der Waals surface area contributed by atoms with Gasteiger partial charge in [0.1, 0.15) is 5.75 Å². The summed E-state index contributed by atoms with van der Waals surface area (Å²) in [6, 6.07) is 7.37. The lowest BCUT2D eigenvalue weighted by Gasteiger charge is -2.35. The summed E-state index contributed by atoms with van der Waals surface area (Å²) in [6.45, 7) is 5.85. The van der Waals surface area contributed by atoms with Crippen molar-refractivity contribution < 1.29 is 19.1 Å². The van der Waals surface area contributed by atoms with Crippen LogP contribution in [0, 0.1) is 0 Å². The van der Waals surface area contributed by atoms with Crippen molar-refractivity contribution in [3.8, 4) is 5.75 Å². The molecule has 2 unspecified atom stereocenters. The van der Waals surface area contributed by atoms with Gasteiger partial charge in [-0.2, -0.15) is 0 Å². The number of carbonyl (C=O) groups excluding carboxylic acids is 2. The molecule has 130 valence electrons. The van der Waals surface area contributed by atoms with Gasteiger partial charge < -0.3 is 19.3 Å². The summed E-state index contributed by atoms with van der Waals surface area (Å²) in [6.07, 6.45) is 1.57. The number of amides is 2. The average molecular weight is 332 g/mol. The minimum absolute atomic E-state index is 0.00314. The van der Waals surface area contributed by atoms with Gasteiger partial charge >= 0.3 is 0 Å². The van der Waals surface area contributed by atoms with Crippen LogP contribution in [0.2, 0.25) is 0 Å². The second kappa shape index (κ2) is 7.21. The van der Waals surface area contributed by atoms with E-state index in [9.17, 15) is 9.59 Å². The Morgan fingerprint density at radius 1 is 1.29 bits per heavy atom. The summed E-state index contributed by atoms with van der Waals surface area (Å²) in [5.74, 6) is 0.703. The van der Waals surface area contributed by atoms with E-state index in [1.165, 1.54) is 0 Å². The largest absolute Gasteiger partial charge is 0.484 e. The van der Waals surface area contributed by atoms with E-state index in [1.54, 1.807) is 9.80 Å². The monoisotopic (exact) mass is 332 g/mol. The van der Waals surface area contributed by atoms with Crippen LogP contribution in [0.25, 0.3) is 0 Å². The van der Waals surface area contributed by atoms with E-state index in [1.807, 2.05) is 38.1 Å². The normalized spacial score (nSPS) is 24.3. The number of anilines is 1. The van der Waals surface area contributed by atoms with Crippen molar-refractivity contribution >= 4 is 17.5 Å². The molecule has 6 nitrogen and oxygen atoms in total. The highest BCUT2D eigenvalue weighted by Crippen LogP contribution is 2.25. The van der Waals surface area contributed by atoms with Crippen LogP contribution >= 0.6 is 0 Å². The number of hydrogen-bond donors (Lipinski definition) is 0. The SMILES string of the molecule is CC1CN(C(=O)COc2cccc(N3CCCC3=O)c2)CC(C)O1. The van der Waals surface area contributed by atoms with Crippen LogP contribution < -0.4 is 9.64 Å². The average Bonchev–Trinajstić information content (AvgIpc) is 2.98. The Labute approximate surface area is 142 Å². The fraction of sp³-hybridized carbons (Fsp3) is 0.556. The Balaban J connectivity index is 1.58. The van der Waals surface area contributed by atoms with Crippen molar-refractivity contribution in [1.29, 1.82) is 0 Å². The third kappa shape index (κ3) is 3.87. The van der Waals surface area contributed by atoms with Crippen LogP contribution in [0.4, 0.5) is 5.69 Å². The van der Waals surface area contributed by atoms with Crippen LogP contribution in [0.3, 0.4) is 0 Å². The molecule has 0 bridgehead atoms. The van der Waals surface area contributed by atoms with Gasteiger partial charge in [0.15, 0.2) is 6.61 Å². The Bertz CT molecular complexity index is 609. The molecule has 2 fully saturated rings. The summed E-state index contributed by atoms with van der Waals surface area (Å²) >= 11 is 0. The molecule has 2 amide bonds. The number of carbonyl (C=O) groups is 2. The van der Waals surface area contributed by atoms with Crippen molar-refractivity contribution in [1.82, 2.24) is 4.90 Å². The molecule has 0 radical (unpaired) electrons. The first-order valence-corrected chi connectivity index (χ1v) is 8.49. The van der Waals surface area contributed by atoms with Gasteiger partial charge in [0.25, 0.3) is 5.91 Å². The molecule has 1 aromatic rings. The molecule has 24 heavy (non-hydrogen) atoms. The maximum absolute atomic E-state index is 12.3. The van der Waals surface area contributed by atoms with Crippen LogP contribution in [-0.2, 0) is 14.3 Å². The number of rotatable bonds is 4. The molecule has 0 N–H and O–H groups in total. The number of nitrogens with zero attached hydrogens (tertiary/aromatic N) is 2. The molecule has 6 heteroatoms. The number of benzene rings is 1. The third-order valence-corrected chi connectivity index (χ3v) is 4.34. The highest BCUT2D eigenvalue weighted by molar-refractivity contribution is 5.95. The predicted octanol–water partition coefficient (Wildman–Crippen LogP) is 1.83. The lowest BCUT2D eigenvalue weighted by molar-refractivity contribution is -0.145. The molecule has 0 aliphatic carbocycles. The van der Waals surface area contributed by atoms with E-state index in [0.29, 0.717) is 25.3 Å². The quantitative estimate of drug-likeness (QED) is 0.844. The molecule has 0 saturated carbocycles. The summed E-state index contributed by atoms with van der Waals surface area (Å²) in [5.41, 5.74) is 0.830. The van der Waals surface area contributed by atoms with E-state index in [2.05, 4.69) is 0 Å². The van der Waals surface area contributed by atoms with Crippen molar-refractivity contribution in [2.24, 2.45) is 0 Å². The number of ether oxygens (including phenoxy) is 2. The topological polar surface area (TPSA) is 59.1 Å². The second-order valence-electron chi connectivity index (χ2n) is 6.49. The van der Waals surface area contributed by atoms with Crippen molar-refractivity contribution in [3.05, 3.63) is 24.3 Å². The van der Waals surface area contributed by atoms with Gasteiger partial charge in [-0.3, -0.25) is 9.59 Å². The van der Waals surface area contributed by atoms with Gasteiger partial charge in [0.2, 0.25) is 5.91 Å². The highest BCUT2D eigenvalue weighted by Gasteiger charge is 2.26. The van der Waals surface area contributed by atoms with Crippen LogP contribution in [0.1, 0.15) is 26.7 Å². The van der Waals surface area contributed by atoms with Crippen molar-refractivity contribution in [2.75, 3.05) is 31.1 Å². The fourth-order valence-electron chi connectivity index (χ4n) is 3.28. The first kappa shape index (κ1) is 16.8. The molecule has 2 aliphatic rings. The first-order valence-electron chi connectivity index (χ1n) is 8.49. The lowest BCUT2D eigenvalue weighted by atomic mass is 10.2. The Kier molecular flexibility index (Phi) is 5.04. The van der Waals surface area contributed by atoms with Crippen molar-refractivity contribution in [3.63, 3.8) is 0 Å². The minimum atomic E-state index is -0.0420. The lowest BCUT2D eigenvalue weighted by Crippen LogP contribution is -2.49. The third-order valence-electron chi connectivity index (χ3n) is 4.34. The van der Waals surface area contributed by atoms with Gasteiger partial charge in [0, 0.05) is 37.8 Å². The Morgan fingerprint density at radius 3 is 2.71 bits per heavy atom. The van der Waals surface area contributed by atoms with Crippen LogP contribution in [0.5, 0.6) is 5.75 Å². The molecular weight excluding hydrogens is 308 g/mol. The van der Waals surface area contributed by atoms with E-state index in [-0.39, 0.29) is 30.6 Å². The standard InChI is InChI=1S/C18H24N2O4/c1-13-10-19(11-14(2)24-13)18(22)12-23-16-6-3-5-15(9-16)20-8-4-7-17(20)21/h3,5-6,9,13-14H,4,7-8,10-12H2,1-2H3. The second-order valence-corrected chi connectivity index (χ2v) is 6.49. The highest BCUT2D eigenvalue weighted by atomic mass is 16.5. The zero-order valence-electron chi connectivity index (χ0n) is 14.2. The molecular formula is C18H24N2O4. The van der Waals surface area contributed by atoms with Gasteiger partial charge in [0.05, 0.1) is 12.2 Å². The Hall–Kier alpha value is -2.08. The smallest absolute Gasteiger partial charge is 0.260 e. The molecule has 2 saturated heterocycles. The fourth-order valence-corrected chi connectivity index (χ4v) is 3.28. The molecule has 2 atom stereocenters. The summed E-state index contributed by atoms with van der Waals surface area (Å²) in [7, 11) is 0. The van der Waals surface area contributed by atoms with Gasteiger partial charge in [-0.1, -0.05) is 6.07 Å². The summed E-state index contributed by atoms with van der Waals surface area (Å²) < 4.78 is 11.3. The van der Waals surface area contributed by atoms with E-state index >= 15 is 0 Å². The van der Waals surface area contributed by atoms with Gasteiger partial charge in [-0.25, -0.2) is 0 Å². The van der Waals surface area contributed by atoms with Gasteiger partial charge in [-0.15, -0.1) is 0 Å². The Morgan fingerprint density at radius 2 is 2.04 bits per heavy atom.